The van der Waals surface area contributed by atoms with Gasteiger partial charge in [-0.05, 0) is 67.7 Å². The summed E-state index contributed by atoms with van der Waals surface area (Å²) in [6, 6.07) is 48.3. The molecule has 0 unspecified atom stereocenters. The second kappa shape index (κ2) is 7.99. The summed E-state index contributed by atoms with van der Waals surface area (Å²) in [5, 5.41) is 15.1. The van der Waals surface area contributed by atoms with Crippen LogP contribution in [0.15, 0.2) is 138 Å². The number of benzene rings is 8. The number of furan rings is 1. The first-order chi connectivity index (χ1) is 20.8. The lowest BCUT2D eigenvalue weighted by atomic mass is 9.93. The second-order valence-corrected chi connectivity index (χ2v) is 11.4. The highest BCUT2D eigenvalue weighted by Crippen LogP contribution is 2.42. The number of rotatable bonds is 1. The zero-order chi connectivity index (χ0) is 27.4. The molecule has 2 heterocycles. The molecule has 2 aromatic heterocycles. The van der Waals surface area contributed by atoms with Gasteiger partial charge in [-0.3, -0.25) is 0 Å². The number of H-pyrrole nitrogens is 1. The third-order valence-electron chi connectivity index (χ3n) is 9.18. The van der Waals surface area contributed by atoms with E-state index in [-0.39, 0.29) is 0 Å². The van der Waals surface area contributed by atoms with Gasteiger partial charge in [0.25, 0.3) is 0 Å². The predicted octanol–water partition coefficient (Wildman–Crippen LogP) is 11.5. The van der Waals surface area contributed by atoms with Crippen molar-refractivity contribution in [2.45, 2.75) is 0 Å². The predicted molar refractivity (Wildman–Crippen MR) is 179 cm³/mol. The fourth-order valence-electron chi connectivity index (χ4n) is 7.25. The van der Waals surface area contributed by atoms with Gasteiger partial charge in [-0.1, -0.05) is 109 Å². The molecule has 194 valence electrons. The smallest absolute Gasteiger partial charge is 0.135 e. The fourth-order valence-corrected chi connectivity index (χ4v) is 7.25. The minimum atomic E-state index is 0.924. The monoisotopic (exact) mass is 533 g/mol. The number of hydrogen-bond donors (Lipinski definition) is 1. The third-order valence-corrected chi connectivity index (χ3v) is 9.18. The van der Waals surface area contributed by atoms with Crippen LogP contribution in [0.5, 0.6) is 0 Å². The minimum absolute atomic E-state index is 0.924. The van der Waals surface area contributed by atoms with Crippen molar-refractivity contribution in [1.82, 2.24) is 4.98 Å². The molecule has 0 atom stereocenters. The molecule has 0 amide bonds. The molecule has 1 N–H and O–H groups in total. The van der Waals surface area contributed by atoms with Crippen LogP contribution in [0.3, 0.4) is 0 Å². The summed E-state index contributed by atoms with van der Waals surface area (Å²) in [5.41, 5.74) is 6.64. The van der Waals surface area contributed by atoms with Crippen molar-refractivity contribution in [3.63, 3.8) is 0 Å². The molecule has 0 fully saturated rings. The maximum atomic E-state index is 6.07. The van der Waals surface area contributed by atoms with Crippen LogP contribution in [0.1, 0.15) is 0 Å². The molecule has 0 saturated heterocycles. The van der Waals surface area contributed by atoms with Crippen LogP contribution in [-0.2, 0) is 0 Å². The van der Waals surface area contributed by atoms with Crippen molar-refractivity contribution in [2.75, 3.05) is 0 Å². The first-order valence-corrected chi connectivity index (χ1v) is 14.4. The molecular weight excluding hydrogens is 510 g/mol. The normalized spacial score (nSPS) is 12.3. The van der Waals surface area contributed by atoms with Crippen LogP contribution in [-0.4, -0.2) is 4.98 Å². The van der Waals surface area contributed by atoms with Crippen molar-refractivity contribution in [3.05, 3.63) is 133 Å². The van der Waals surface area contributed by atoms with E-state index in [2.05, 4.69) is 126 Å². The van der Waals surface area contributed by atoms with Gasteiger partial charge < -0.3 is 9.40 Å². The highest BCUT2D eigenvalue weighted by molar-refractivity contribution is 6.33. The average molecular weight is 534 g/mol. The van der Waals surface area contributed by atoms with Gasteiger partial charge in [0.1, 0.15) is 11.2 Å². The van der Waals surface area contributed by atoms with E-state index in [0.29, 0.717) is 0 Å². The number of fused-ring (bicyclic) bond motifs is 15. The summed E-state index contributed by atoms with van der Waals surface area (Å²) in [5.74, 6) is 0. The Morgan fingerprint density at radius 3 is 1.74 bits per heavy atom. The highest BCUT2D eigenvalue weighted by atomic mass is 16.3. The van der Waals surface area contributed by atoms with Crippen molar-refractivity contribution < 1.29 is 4.42 Å². The third kappa shape index (κ3) is 2.88. The molecule has 10 aromatic rings. The van der Waals surface area contributed by atoms with E-state index >= 15 is 0 Å². The Bertz CT molecular complexity index is 2710. The largest absolute Gasteiger partial charge is 0.456 e. The van der Waals surface area contributed by atoms with Crippen LogP contribution in [0.4, 0.5) is 0 Å². The molecule has 2 nitrogen and oxygen atoms in total. The number of nitrogens with one attached hydrogen (secondary N) is 1. The van der Waals surface area contributed by atoms with Gasteiger partial charge in [-0.15, -0.1) is 0 Å². The standard InChI is InChI=1S/C40H23NO/c1-2-9-29-27(7-1)28-8-3-4-11-31(28)38-32(29)18-19-34-33-17-14-25-21-23(13-16-26(25)39(33)41-40(34)38)24-15-20-37-35(22-24)30-10-5-6-12-36(30)42-37/h1-22,41H. The molecule has 0 spiro atoms. The van der Waals surface area contributed by atoms with E-state index in [1.54, 1.807) is 0 Å². The van der Waals surface area contributed by atoms with Gasteiger partial charge in [0.2, 0.25) is 0 Å². The summed E-state index contributed by atoms with van der Waals surface area (Å²) in [4.78, 5) is 3.91. The lowest BCUT2D eigenvalue weighted by molar-refractivity contribution is 0.669. The second-order valence-electron chi connectivity index (χ2n) is 11.4. The molecule has 42 heavy (non-hydrogen) atoms. The molecule has 0 bridgehead atoms. The molecule has 0 aliphatic rings. The molecular formula is C40H23NO. The van der Waals surface area contributed by atoms with E-state index < -0.39 is 0 Å². The highest BCUT2D eigenvalue weighted by Gasteiger charge is 2.16. The van der Waals surface area contributed by atoms with Gasteiger partial charge in [0.05, 0.1) is 11.0 Å². The molecule has 0 saturated carbocycles. The Labute approximate surface area is 240 Å². The lowest BCUT2D eigenvalue weighted by Gasteiger charge is -2.11. The average Bonchev–Trinajstić information content (AvgIpc) is 3.63. The van der Waals surface area contributed by atoms with Crippen molar-refractivity contribution >= 4 is 86.8 Å². The number of aromatic amines is 1. The van der Waals surface area contributed by atoms with Gasteiger partial charge in [-0.25, -0.2) is 0 Å². The summed E-state index contributed by atoms with van der Waals surface area (Å²) in [7, 11) is 0. The number of para-hydroxylation sites is 1. The van der Waals surface area contributed by atoms with E-state index in [1.807, 2.05) is 12.1 Å². The first kappa shape index (κ1) is 22.1. The first-order valence-electron chi connectivity index (χ1n) is 14.4. The Morgan fingerprint density at radius 2 is 0.905 bits per heavy atom. The Kier molecular flexibility index (Phi) is 4.21. The maximum Gasteiger partial charge on any atom is 0.135 e. The number of hydrogen-bond acceptors (Lipinski definition) is 1. The molecule has 0 radical (unpaired) electrons. The van der Waals surface area contributed by atoms with E-state index in [1.165, 1.54) is 76.0 Å². The van der Waals surface area contributed by atoms with E-state index in [4.69, 9.17) is 4.42 Å². The maximum absolute atomic E-state index is 6.07. The fraction of sp³-hybridized carbons (Fsp3) is 0. The van der Waals surface area contributed by atoms with Crippen LogP contribution >= 0.6 is 0 Å². The zero-order valence-electron chi connectivity index (χ0n) is 22.6. The SMILES string of the molecule is c1ccc2c(c1)oc1ccc(-c3ccc4c(ccc5c6ccc7c8ccccc8c8ccccc8c7c6[nH]c45)c3)cc12. The number of aromatic nitrogens is 1. The zero-order valence-corrected chi connectivity index (χ0v) is 22.6. The summed E-state index contributed by atoms with van der Waals surface area (Å²) < 4.78 is 6.07. The molecule has 0 aliphatic heterocycles. The van der Waals surface area contributed by atoms with Crippen molar-refractivity contribution in [1.29, 1.82) is 0 Å². The summed E-state index contributed by atoms with van der Waals surface area (Å²) in [6.45, 7) is 0. The molecule has 2 heteroatoms. The van der Waals surface area contributed by atoms with Gasteiger partial charge in [0, 0.05) is 32.3 Å². The minimum Gasteiger partial charge on any atom is -0.456 e. The summed E-state index contributed by atoms with van der Waals surface area (Å²) in [6.07, 6.45) is 0. The van der Waals surface area contributed by atoms with Gasteiger partial charge in [-0.2, -0.15) is 0 Å². The summed E-state index contributed by atoms with van der Waals surface area (Å²) >= 11 is 0. The van der Waals surface area contributed by atoms with Crippen molar-refractivity contribution in [3.8, 4) is 11.1 Å². The van der Waals surface area contributed by atoms with Crippen LogP contribution in [0.2, 0.25) is 0 Å². The molecule has 0 aliphatic carbocycles. The van der Waals surface area contributed by atoms with E-state index in [0.717, 1.165) is 21.9 Å². The van der Waals surface area contributed by atoms with Gasteiger partial charge >= 0.3 is 0 Å². The van der Waals surface area contributed by atoms with Crippen LogP contribution < -0.4 is 0 Å². The molecule has 10 rings (SSSR count). The lowest BCUT2D eigenvalue weighted by Crippen LogP contribution is -1.84. The quantitative estimate of drug-likeness (QED) is 0.209. The van der Waals surface area contributed by atoms with E-state index in [9.17, 15) is 0 Å². The van der Waals surface area contributed by atoms with Crippen LogP contribution in [0, 0.1) is 0 Å². The Hall–Kier alpha value is -5.60. The van der Waals surface area contributed by atoms with Crippen molar-refractivity contribution in [2.24, 2.45) is 0 Å². The van der Waals surface area contributed by atoms with Crippen LogP contribution in [0.25, 0.3) is 98.0 Å². The Balaban J connectivity index is 1.23. The Morgan fingerprint density at radius 1 is 0.357 bits per heavy atom. The van der Waals surface area contributed by atoms with Gasteiger partial charge in [0.15, 0.2) is 0 Å². The molecule has 8 aromatic carbocycles. The topological polar surface area (TPSA) is 28.9 Å².